The number of aliphatic hydroxyl groups excluding tert-OH is 1. The lowest BCUT2D eigenvalue weighted by atomic mass is 9.99. The van der Waals surface area contributed by atoms with E-state index < -0.39 is 30.2 Å². The summed E-state index contributed by atoms with van der Waals surface area (Å²) in [5.41, 5.74) is 1.62. The maximum atomic E-state index is 13.2. The molecule has 2 N–H and O–H groups in total. The standard InChI is InChI=1S/C20H19Cl2NO5/c1-10(2)23-15-8-7-11(21)9-13(15)17(12-5-3-4-6-14(12)22)28-18(19(23)25)16(24)20(26)27/h3-10,16-18,24H,1-2H3,(H,26,27). The zero-order chi connectivity index (χ0) is 20.6. The van der Waals surface area contributed by atoms with Crippen molar-refractivity contribution in [2.24, 2.45) is 0 Å². The number of nitrogens with zero attached hydrogens (tertiary/aromatic N) is 1. The molecule has 28 heavy (non-hydrogen) atoms. The van der Waals surface area contributed by atoms with Crippen LogP contribution in [0.2, 0.25) is 10.0 Å². The van der Waals surface area contributed by atoms with Gasteiger partial charge in [0, 0.05) is 27.2 Å². The van der Waals surface area contributed by atoms with E-state index in [1.807, 2.05) is 0 Å². The van der Waals surface area contributed by atoms with Gasteiger partial charge in [-0.3, -0.25) is 4.79 Å². The first-order valence-corrected chi connectivity index (χ1v) is 9.41. The monoisotopic (exact) mass is 423 g/mol. The molecule has 2 aromatic rings. The van der Waals surface area contributed by atoms with Crippen molar-refractivity contribution in [3.63, 3.8) is 0 Å². The van der Waals surface area contributed by atoms with Crippen LogP contribution in [-0.2, 0) is 14.3 Å². The quantitative estimate of drug-likeness (QED) is 0.782. The first-order chi connectivity index (χ1) is 13.2. The molecule has 0 radical (unpaired) electrons. The zero-order valence-electron chi connectivity index (χ0n) is 15.2. The van der Waals surface area contributed by atoms with Crippen molar-refractivity contribution in [1.29, 1.82) is 0 Å². The van der Waals surface area contributed by atoms with Gasteiger partial charge in [-0.25, -0.2) is 4.79 Å². The first-order valence-electron chi connectivity index (χ1n) is 8.65. The molecule has 148 valence electrons. The lowest BCUT2D eigenvalue weighted by Gasteiger charge is -2.29. The van der Waals surface area contributed by atoms with E-state index >= 15 is 0 Å². The van der Waals surface area contributed by atoms with E-state index in [-0.39, 0.29) is 6.04 Å². The maximum absolute atomic E-state index is 13.2. The average molecular weight is 424 g/mol. The highest BCUT2D eigenvalue weighted by atomic mass is 35.5. The average Bonchev–Trinajstić information content (AvgIpc) is 2.75. The molecule has 2 aromatic carbocycles. The van der Waals surface area contributed by atoms with E-state index in [1.165, 1.54) is 4.90 Å². The third kappa shape index (κ3) is 3.73. The predicted octanol–water partition coefficient (Wildman–Crippen LogP) is 3.67. The molecule has 1 heterocycles. The third-order valence-electron chi connectivity index (χ3n) is 4.54. The van der Waals surface area contributed by atoms with Crippen LogP contribution in [0.25, 0.3) is 0 Å². The van der Waals surface area contributed by atoms with Gasteiger partial charge in [0.25, 0.3) is 5.91 Å². The minimum atomic E-state index is -2.04. The topological polar surface area (TPSA) is 87.1 Å². The fraction of sp³-hybridized carbons (Fsp3) is 0.300. The second-order valence-corrected chi connectivity index (χ2v) is 7.59. The van der Waals surface area contributed by atoms with Crippen LogP contribution in [0.1, 0.15) is 31.1 Å². The van der Waals surface area contributed by atoms with Crippen LogP contribution in [0.3, 0.4) is 0 Å². The van der Waals surface area contributed by atoms with E-state index in [9.17, 15) is 19.8 Å². The number of halogens is 2. The Hall–Kier alpha value is -2.12. The van der Waals surface area contributed by atoms with Crippen LogP contribution in [0.4, 0.5) is 5.69 Å². The number of anilines is 1. The molecule has 0 aromatic heterocycles. The molecule has 0 spiro atoms. The Bertz CT molecular complexity index is 917. The van der Waals surface area contributed by atoms with Crippen molar-refractivity contribution in [2.75, 3.05) is 4.90 Å². The zero-order valence-corrected chi connectivity index (χ0v) is 16.7. The van der Waals surface area contributed by atoms with E-state index in [0.29, 0.717) is 26.9 Å². The van der Waals surface area contributed by atoms with Gasteiger partial charge < -0.3 is 19.8 Å². The molecular formula is C20H19Cl2NO5. The second kappa shape index (κ2) is 8.09. The first kappa shape index (κ1) is 20.6. The van der Waals surface area contributed by atoms with Crippen LogP contribution in [0.5, 0.6) is 0 Å². The van der Waals surface area contributed by atoms with E-state index in [2.05, 4.69) is 0 Å². The normalized spacial score (nSPS) is 20.6. The Morgan fingerprint density at radius 1 is 1.14 bits per heavy atom. The van der Waals surface area contributed by atoms with Crippen molar-refractivity contribution in [3.05, 3.63) is 63.6 Å². The lowest BCUT2D eigenvalue weighted by Crippen LogP contribution is -2.50. The highest BCUT2D eigenvalue weighted by Crippen LogP contribution is 2.42. The number of rotatable bonds is 4. The van der Waals surface area contributed by atoms with Crippen molar-refractivity contribution in [2.45, 2.75) is 38.2 Å². The van der Waals surface area contributed by atoms with Gasteiger partial charge in [-0.2, -0.15) is 0 Å². The van der Waals surface area contributed by atoms with Crippen LogP contribution in [-0.4, -0.2) is 40.3 Å². The summed E-state index contributed by atoms with van der Waals surface area (Å²) in [6.07, 6.45) is -4.55. The number of carbonyl (C=O) groups excluding carboxylic acids is 1. The molecule has 0 saturated heterocycles. The molecule has 1 aliphatic rings. The second-order valence-electron chi connectivity index (χ2n) is 6.75. The minimum Gasteiger partial charge on any atom is -0.479 e. The molecule has 0 saturated carbocycles. The van der Waals surface area contributed by atoms with Crippen LogP contribution in [0, 0.1) is 0 Å². The SMILES string of the molecule is CC(C)N1C(=O)C(C(O)C(=O)O)OC(c2ccccc2Cl)c2cc(Cl)ccc21. The molecule has 0 aliphatic carbocycles. The number of aliphatic hydroxyl groups is 1. The number of amides is 1. The van der Waals surface area contributed by atoms with Gasteiger partial charge in [0.05, 0.1) is 5.69 Å². The summed E-state index contributed by atoms with van der Waals surface area (Å²) < 4.78 is 5.91. The summed E-state index contributed by atoms with van der Waals surface area (Å²) in [6, 6.07) is 11.5. The number of benzene rings is 2. The number of carboxylic acids is 1. The fourth-order valence-electron chi connectivity index (χ4n) is 3.29. The Kier molecular flexibility index (Phi) is 5.95. The summed E-state index contributed by atoms with van der Waals surface area (Å²) in [5.74, 6) is -2.20. The van der Waals surface area contributed by atoms with Gasteiger partial charge >= 0.3 is 5.97 Å². The predicted molar refractivity (Wildman–Crippen MR) is 106 cm³/mol. The summed E-state index contributed by atoms with van der Waals surface area (Å²) >= 11 is 12.6. The largest absolute Gasteiger partial charge is 0.479 e. The van der Waals surface area contributed by atoms with Gasteiger partial charge in [0.15, 0.2) is 12.2 Å². The summed E-state index contributed by atoms with van der Waals surface area (Å²) in [4.78, 5) is 26.0. The van der Waals surface area contributed by atoms with Crippen LogP contribution < -0.4 is 4.90 Å². The molecule has 3 rings (SSSR count). The molecule has 1 aliphatic heterocycles. The Balaban J connectivity index is 2.27. The van der Waals surface area contributed by atoms with Gasteiger partial charge in [-0.1, -0.05) is 41.4 Å². The van der Waals surface area contributed by atoms with Crippen molar-refractivity contribution in [3.8, 4) is 0 Å². The number of carbonyl (C=O) groups is 2. The summed E-state index contributed by atoms with van der Waals surface area (Å²) in [5, 5.41) is 20.3. The Labute approximate surface area is 172 Å². The summed E-state index contributed by atoms with van der Waals surface area (Å²) in [7, 11) is 0. The minimum absolute atomic E-state index is 0.315. The van der Waals surface area contributed by atoms with E-state index in [4.69, 9.17) is 27.9 Å². The molecule has 3 atom stereocenters. The molecule has 0 fully saturated rings. The Morgan fingerprint density at radius 2 is 1.82 bits per heavy atom. The van der Waals surface area contributed by atoms with E-state index in [0.717, 1.165) is 0 Å². The molecule has 1 amide bonds. The molecule has 3 unspecified atom stereocenters. The number of hydrogen-bond acceptors (Lipinski definition) is 4. The van der Waals surface area contributed by atoms with Gasteiger partial charge in [-0.05, 0) is 38.1 Å². The molecule has 8 heteroatoms. The number of fused-ring (bicyclic) bond motifs is 1. The number of aliphatic carboxylic acids is 1. The van der Waals surface area contributed by atoms with Crippen molar-refractivity contribution < 1.29 is 24.5 Å². The number of hydrogen-bond donors (Lipinski definition) is 2. The smallest absolute Gasteiger partial charge is 0.335 e. The van der Waals surface area contributed by atoms with E-state index in [1.54, 1.807) is 56.3 Å². The fourth-order valence-corrected chi connectivity index (χ4v) is 3.70. The van der Waals surface area contributed by atoms with Gasteiger partial charge in [0.1, 0.15) is 6.10 Å². The van der Waals surface area contributed by atoms with Crippen LogP contribution in [0.15, 0.2) is 42.5 Å². The molecule has 0 bridgehead atoms. The molecular weight excluding hydrogens is 405 g/mol. The van der Waals surface area contributed by atoms with Gasteiger partial charge in [0.2, 0.25) is 0 Å². The van der Waals surface area contributed by atoms with Gasteiger partial charge in [-0.15, -0.1) is 0 Å². The highest BCUT2D eigenvalue weighted by Gasteiger charge is 2.43. The number of carboxylic acid groups (broad SMARTS) is 1. The highest BCUT2D eigenvalue weighted by molar-refractivity contribution is 6.31. The number of ether oxygens (including phenoxy) is 1. The summed E-state index contributed by atoms with van der Waals surface area (Å²) in [6.45, 7) is 3.58. The van der Waals surface area contributed by atoms with Crippen molar-refractivity contribution in [1.82, 2.24) is 0 Å². The third-order valence-corrected chi connectivity index (χ3v) is 5.12. The Morgan fingerprint density at radius 3 is 2.43 bits per heavy atom. The lowest BCUT2D eigenvalue weighted by molar-refractivity contribution is -0.163. The molecule has 6 nitrogen and oxygen atoms in total. The maximum Gasteiger partial charge on any atom is 0.335 e. The van der Waals surface area contributed by atoms with Crippen LogP contribution >= 0.6 is 23.2 Å². The van der Waals surface area contributed by atoms with Crippen molar-refractivity contribution >= 4 is 40.8 Å².